The standard InChI is InChI=1S/C15H8F8S2/c1-3-25-15-12(22)8(18)5(9(19)13(15)23)4-6(16)10(20)14(24-2)11(21)7(4)17/h3H2,1-2H3. The summed E-state index contributed by atoms with van der Waals surface area (Å²) in [5.74, 6) is -16.2. The van der Waals surface area contributed by atoms with E-state index in [0.29, 0.717) is 23.5 Å². The number of hydrogen-bond donors (Lipinski definition) is 0. The SMILES string of the molecule is CCSc1c(F)c(F)c(-c2c(F)c(F)c(SC)c(F)c2F)c(F)c1F. The van der Waals surface area contributed by atoms with Gasteiger partial charge < -0.3 is 0 Å². The highest BCUT2D eigenvalue weighted by Crippen LogP contribution is 2.41. The molecule has 0 aliphatic heterocycles. The lowest BCUT2D eigenvalue weighted by atomic mass is 10.0. The molecule has 0 spiro atoms. The van der Waals surface area contributed by atoms with E-state index in [0.717, 1.165) is 6.26 Å². The van der Waals surface area contributed by atoms with Crippen LogP contribution in [0, 0.1) is 46.5 Å². The van der Waals surface area contributed by atoms with Crippen molar-refractivity contribution in [3.05, 3.63) is 46.5 Å². The Hall–Kier alpha value is -1.42. The predicted octanol–water partition coefficient (Wildman–Crippen LogP) is 6.30. The predicted molar refractivity (Wildman–Crippen MR) is 79.7 cm³/mol. The van der Waals surface area contributed by atoms with Crippen molar-refractivity contribution in [3.8, 4) is 11.1 Å². The van der Waals surface area contributed by atoms with E-state index in [-0.39, 0.29) is 5.75 Å². The van der Waals surface area contributed by atoms with Crippen LogP contribution in [0.4, 0.5) is 35.1 Å². The van der Waals surface area contributed by atoms with E-state index in [2.05, 4.69) is 0 Å². The van der Waals surface area contributed by atoms with Gasteiger partial charge in [0.25, 0.3) is 0 Å². The summed E-state index contributed by atoms with van der Waals surface area (Å²) in [7, 11) is 0. The van der Waals surface area contributed by atoms with Gasteiger partial charge in [-0.25, -0.2) is 35.1 Å². The maximum atomic E-state index is 14.1. The van der Waals surface area contributed by atoms with Crippen molar-refractivity contribution >= 4 is 23.5 Å². The average molecular weight is 404 g/mol. The Morgan fingerprint density at radius 3 is 1.16 bits per heavy atom. The molecule has 0 fully saturated rings. The number of thioether (sulfide) groups is 2. The molecule has 0 nitrogen and oxygen atoms in total. The van der Waals surface area contributed by atoms with Gasteiger partial charge in [0.2, 0.25) is 0 Å². The molecule has 0 saturated carbocycles. The Kier molecular flexibility index (Phi) is 5.93. The summed E-state index contributed by atoms with van der Waals surface area (Å²) in [6.07, 6.45) is 1.11. The second kappa shape index (κ2) is 7.45. The third-order valence-corrected chi connectivity index (χ3v) is 4.89. The molecule has 0 bridgehead atoms. The molecule has 25 heavy (non-hydrogen) atoms. The van der Waals surface area contributed by atoms with E-state index >= 15 is 0 Å². The van der Waals surface area contributed by atoms with Gasteiger partial charge in [-0.05, 0) is 12.0 Å². The van der Waals surface area contributed by atoms with Crippen LogP contribution in [0.3, 0.4) is 0 Å². The highest BCUT2D eigenvalue weighted by atomic mass is 32.2. The molecule has 0 saturated heterocycles. The van der Waals surface area contributed by atoms with Gasteiger partial charge in [0.15, 0.2) is 46.5 Å². The van der Waals surface area contributed by atoms with Crippen LogP contribution in [0.5, 0.6) is 0 Å². The fourth-order valence-electron chi connectivity index (χ4n) is 2.11. The lowest BCUT2D eigenvalue weighted by Gasteiger charge is -2.14. The number of benzene rings is 2. The minimum atomic E-state index is -2.16. The molecule has 0 aromatic heterocycles. The third kappa shape index (κ3) is 3.10. The van der Waals surface area contributed by atoms with Crippen LogP contribution in [-0.2, 0) is 0 Å². The monoisotopic (exact) mass is 404 g/mol. The molecule has 0 N–H and O–H groups in total. The Morgan fingerprint density at radius 2 is 0.880 bits per heavy atom. The van der Waals surface area contributed by atoms with Gasteiger partial charge in [-0.2, -0.15) is 0 Å². The molecule has 0 aliphatic rings. The molecule has 10 heteroatoms. The summed E-state index contributed by atoms with van der Waals surface area (Å²) in [4.78, 5) is -2.11. The van der Waals surface area contributed by atoms with Gasteiger partial charge >= 0.3 is 0 Å². The number of halogens is 8. The summed E-state index contributed by atoms with van der Waals surface area (Å²) in [5.41, 5.74) is -3.70. The largest absolute Gasteiger partial charge is 0.203 e. The smallest absolute Gasteiger partial charge is 0.176 e. The molecule has 136 valence electrons. The van der Waals surface area contributed by atoms with Crippen molar-refractivity contribution in [3.63, 3.8) is 0 Å². The Balaban J connectivity index is 2.94. The van der Waals surface area contributed by atoms with Crippen LogP contribution in [-0.4, -0.2) is 12.0 Å². The molecular weight excluding hydrogens is 396 g/mol. The van der Waals surface area contributed by atoms with E-state index in [1.807, 2.05) is 0 Å². The first-order valence-electron chi connectivity index (χ1n) is 6.57. The van der Waals surface area contributed by atoms with Crippen LogP contribution in [0.2, 0.25) is 0 Å². The zero-order valence-electron chi connectivity index (χ0n) is 12.5. The van der Waals surface area contributed by atoms with Gasteiger partial charge in [0.05, 0.1) is 20.9 Å². The van der Waals surface area contributed by atoms with Crippen molar-refractivity contribution in [1.29, 1.82) is 0 Å². The van der Waals surface area contributed by atoms with Crippen molar-refractivity contribution in [2.45, 2.75) is 16.7 Å². The van der Waals surface area contributed by atoms with Crippen molar-refractivity contribution in [2.24, 2.45) is 0 Å². The Morgan fingerprint density at radius 1 is 0.560 bits per heavy atom. The van der Waals surface area contributed by atoms with E-state index in [9.17, 15) is 35.1 Å². The second-order valence-corrected chi connectivity index (χ2v) is 6.65. The summed E-state index contributed by atoms with van der Waals surface area (Å²) in [5, 5.41) is 0. The molecule has 0 aliphatic carbocycles. The van der Waals surface area contributed by atoms with Crippen LogP contribution in [0.25, 0.3) is 11.1 Å². The van der Waals surface area contributed by atoms with Crippen LogP contribution >= 0.6 is 23.5 Å². The first-order chi connectivity index (χ1) is 11.7. The summed E-state index contributed by atoms with van der Waals surface area (Å²) in [6.45, 7) is 1.44. The molecule has 2 aromatic rings. The Bertz CT molecular complexity index is 792. The lowest BCUT2D eigenvalue weighted by Crippen LogP contribution is -2.08. The Labute approximate surface area is 145 Å². The molecular formula is C15H8F8S2. The normalized spacial score (nSPS) is 11.3. The minimum Gasteiger partial charge on any atom is -0.203 e. The first kappa shape index (κ1) is 19.9. The van der Waals surface area contributed by atoms with Gasteiger partial charge in [-0.3, -0.25) is 0 Å². The third-order valence-electron chi connectivity index (χ3n) is 3.19. The summed E-state index contributed by atoms with van der Waals surface area (Å²) >= 11 is 0.722. The van der Waals surface area contributed by atoms with Crippen molar-refractivity contribution in [2.75, 3.05) is 12.0 Å². The molecule has 2 aromatic carbocycles. The van der Waals surface area contributed by atoms with Gasteiger partial charge in [0, 0.05) is 0 Å². The van der Waals surface area contributed by atoms with E-state index < -0.39 is 67.5 Å². The maximum Gasteiger partial charge on any atom is 0.176 e. The molecule has 2 rings (SSSR count). The average Bonchev–Trinajstić information content (AvgIpc) is 2.58. The number of hydrogen-bond acceptors (Lipinski definition) is 2. The van der Waals surface area contributed by atoms with Crippen LogP contribution in [0.15, 0.2) is 9.79 Å². The van der Waals surface area contributed by atoms with E-state index in [1.165, 1.54) is 6.92 Å². The fourth-order valence-corrected chi connectivity index (χ4v) is 3.37. The van der Waals surface area contributed by atoms with E-state index in [4.69, 9.17) is 0 Å². The van der Waals surface area contributed by atoms with Crippen LogP contribution < -0.4 is 0 Å². The van der Waals surface area contributed by atoms with Crippen molar-refractivity contribution in [1.82, 2.24) is 0 Å². The van der Waals surface area contributed by atoms with Crippen LogP contribution in [0.1, 0.15) is 6.92 Å². The second-order valence-electron chi connectivity index (χ2n) is 4.56. The molecule has 0 amide bonds. The van der Waals surface area contributed by atoms with Crippen molar-refractivity contribution < 1.29 is 35.1 Å². The first-order valence-corrected chi connectivity index (χ1v) is 8.78. The molecule has 0 atom stereocenters. The van der Waals surface area contributed by atoms with Gasteiger partial charge in [-0.1, -0.05) is 6.92 Å². The maximum absolute atomic E-state index is 14.1. The summed E-state index contributed by atoms with van der Waals surface area (Å²) < 4.78 is 112. The number of rotatable bonds is 4. The fraction of sp³-hybridized carbons (Fsp3) is 0.200. The minimum absolute atomic E-state index is 0.0421. The quantitative estimate of drug-likeness (QED) is 0.333. The lowest BCUT2D eigenvalue weighted by molar-refractivity contribution is 0.415. The zero-order chi connectivity index (χ0) is 19.0. The van der Waals surface area contributed by atoms with E-state index in [1.54, 1.807) is 0 Å². The van der Waals surface area contributed by atoms with Gasteiger partial charge in [0.1, 0.15) is 0 Å². The van der Waals surface area contributed by atoms with Gasteiger partial charge in [-0.15, -0.1) is 23.5 Å². The molecule has 0 unspecified atom stereocenters. The molecule has 0 radical (unpaired) electrons. The highest BCUT2D eigenvalue weighted by Gasteiger charge is 2.33. The molecule has 0 heterocycles. The zero-order valence-corrected chi connectivity index (χ0v) is 14.2. The summed E-state index contributed by atoms with van der Waals surface area (Å²) in [6, 6.07) is 0. The highest BCUT2D eigenvalue weighted by molar-refractivity contribution is 7.99. The topological polar surface area (TPSA) is 0 Å².